The second-order valence-electron chi connectivity index (χ2n) is 12.6. The molecule has 1 saturated carbocycles. The van der Waals surface area contributed by atoms with Gasteiger partial charge in [-0.15, -0.1) is 0 Å². The van der Waals surface area contributed by atoms with E-state index in [4.69, 9.17) is 31.5 Å². The van der Waals surface area contributed by atoms with E-state index in [2.05, 4.69) is 15.3 Å². The maximum Gasteiger partial charge on any atom is 0.429 e. The molecule has 6 rings (SSSR count). The number of carbonyl (C=O) groups is 1. The van der Waals surface area contributed by atoms with Gasteiger partial charge in [-0.05, 0) is 92.7 Å². The molecule has 0 amide bonds. The number of nitrogen functional groups attached to an aromatic ring is 1. The van der Waals surface area contributed by atoms with E-state index in [1.807, 2.05) is 4.90 Å². The molecule has 0 radical (unpaired) electrons. The Hall–Kier alpha value is -3.77. The first-order valence-electron chi connectivity index (χ1n) is 16.1. The van der Waals surface area contributed by atoms with E-state index in [9.17, 15) is 18.0 Å². The summed E-state index contributed by atoms with van der Waals surface area (Å²) in [7, 11) is 0. The number of carbonyl (C=O) groups excluding carboxylic acids is 1. The molecule has 1 aromatic heterocycles. The number of nitrogens with zero attached hydrogens (tertiary/aromatic N) is 3. The number of hydrogen-bond donors (Lipinski definition) is 2. The Morgan fingerprint density at radius 3 is 2.62 bits per heavy atom. The van der Waals surface area contributed by atoms with Crippen molar-refractivity contribution in [1.82, 2.24) is 15.3 Å². The van der Waals surface area contributed by atoms with Crippen molar-refractivity contribution >= 4 is 29.3 Å². The molecular formula is C34H39ClF3N5O4. The van der Waals surface area contributed by atoms with Gasteiger partial charge in [0.1, 0.15) is 17.6 Å². The first-order valence-corrected chi connectivity index (χ1v) is 16.5. The van der Waals surface area contributed by atoms with Gasteiger partial charge in [-0.3, -0.25) is 4.79 Å². The Balaban J connectivity index is 1.22. The zero-order valence-corrected chi connectivity index (χ0v) is 26.9. The molecule has 1 aliphatic carbocycles. The lowest BCUT2D eigenvalue weighted by molar-refractivity contribution is -0.198. The summed E-state index contributed by atoms with van der Waals surface area (Å²) in [6.45, 7) is 3.96. The third-order valence-corrected chi connectivity index (χ3v) is 9.61. The highest BCUT2D eigenvalue weighted by atomic mass is 35.5. The maximum atomic E-state index is 14.8. The van der Waals surface area contributed by atoms with E-state index in [0.29, 0.717) is 49.8 Å². The first-order chi connectivity index (χ1) is 22.5. The molecule has 2 saturated heterocycles. The third kappa shape index (κ3) is 7.70. The Morgan fingerprint density at radius 2 is 1.89 bits per heavy atom. The van der Waals surface area contributed by atoms with Crippen LogP contribution in [0.1, 0.15) is 63.5 Å². The van der Waals surface area contributed by atoms with E-state index in [1.54, 1.807) is 31.2 Å². The monoisotopic (exact) mass is 673 g/mol. The number of anilines is 2. The largest absolute Gasteiger partial charge is 0.490 e. The van der Waals surface area contributed by atoms with Gasteiger partial charge in [0.2, 0.25) is 17.9 Å². The van der Waals surface area contributed by atoms with E-state index in [1.165, 1.54) is 24.3 Å². The molecule has 3 N–H and O–H groups in total. The average molecular weight is 674 g/mol. The van der Waals surface area contributed by atoms with Gasteiger partial charge in [-0.2, -0.15) is 23.1 Å². The number of benzene rings is 2. The molecule has 3 heterocycles. The fraction of sp³-hybridized carbons (Fsp3) is 0.500. The van der Waals surface area contributed by atoms with E-state index in [-0.39, 0.29) is 51.5 Å². The van der Waals surface area contributed by atoms with Crippen LogP contribution in [-0.2, 0) is 9.53 Å². The average Bonchev–Trinajstić information content (AvgIpc) is 3.70. The van der Waals surface area contributed by atoms with E-state index in [0.717, 1.165) is 38.5 Å². The van der Waals surface area contributed by atoms with E-state index < -0.39 is 12.3 Å². The predicted octanol–water partition coefficient (Wildman–Crippen LogP) is 6.89. The fourth-order valence-corrected chi connectivity index (χ4v) is 7.11. The number of piperidine rings is 1. The summed E-state index contributed by atoms with van der Waals surface area (Å²) in [6, 6.07) is 12.3. The summed E-state index contributed by atoms with van der Waals surface area (Å²) in [5.74, 6) is 0.233. The zero-order chi connectivity index (χ0) is 33.2. The molecule has 2 atom stereocenters. The van der Waals surface area contributed by atoms with Crippen molar-refractivity contribution in [2.45, 2.75) is 76.3 Å². The SMILES string of the molecule is CCOC(=O)[C@@H]1CC2(CCN(c3cc(O[C@H](c4ccc(Cl)cc4-c4cccc(OC5CCCC5)c4)C(F)(F)F)nc(N)n3)CC2)CN1. The summed E-state index contributed by atoms with van der Waals surface area (Å²) in [5.41, 5.74) is 6.60. The molecule has 1 spiro atoms. The van der Waals surface area contributed by atoms with Crippen LogP contribution in [0.15, 0.2) is 48.5 Å². The highest BCUT2D eigenvalue weighted by molar-refractivity contribution is 6.30. The Kier molecular flexibility index (Phi) is 9.70. The van der Waals surface area contributed by atoms with Crippen LogP contribution in [0.4, 0.5) is 24.9 Å². The number of nitrogens with two attached hydrogens (primary N) is 1. The Bertz CT molecular complexity index is 1580. The second-order valence-corrected chi connectivity index (χ2v) is 13.1. The number of alkyl halides is 3. The van der Waals surface area contributed by atoms with Crippen molar-refractivity contribution < 1.29 is 32.2 Å². The molecule has 3 aliphatic rings. The van der Waals surface area contributed by atoms with Gasteiger partial charge in [0.05, 0.1) is 12.7 Å². The van der Waals surface area contributed by atoms with Crippen molar-refractivity contribution in [3.63, 3.8) is 0 Å². The lowest BCUT2D eigenvalue weighted by atomic mass is 9.76. The van der Waals surface area contributed by atoms with Gasteiger partial charge in [0.15, 0.2) is 0 Å². The molecule has 3 fully saturated rings. The quantitative estimate of drug-likeness (QED) is 0.235. The van der Waals surface area contributed by atoms with Crippen LogP contribution in [0.3, 0.4) is 0 Å². The molecule has 13 heteroatoms. The van der Waals surface area contributed by atoms with Gasteiger partial charge in [-0.1, -0.05) is 29.8 Å². The number of ether oxygens (including phenoxy) is 3. The predicted molar refractivity (Wildman–Crippen MR) is 173 cm³/mol. The smallest absolute Gasteiger partial charge is 0.429 e. The molecular weight excluding hydrogens is 635 g/mol. The number of aromatic nitrogens is 2. The Morgan fingerprint density at radius 1 is 1.13 bits per heavy atom. The lowest BCUT2D eigenvalue weighted by Gasteiger charge is -2.39. The summed E-state index contributed by atoms with van der Waals surface area (Å²) in [6.07, 6.45) is -0.794. The normalized spacial score (nSPS) is 20.4. The summed E-state index contributed by atoms with van der Waals surface area (Å²) >= 11 is 6.31. The minimum Gasteiger partial charge on any atom is -0.490 e. The summed E-state index contributed by atoms with van der Waals surface area (Å²) < 4.78 is 61.3. The second kappa shape index (κ2) is 13.8. The Labute approximate surface area is 276 Å². The van der Waals surface area contributed by atoms with Crippen molar-refractivity contribution in [1.29, 1.82) is 0 Å². The van der Waals surface area contributed by atoms with Gasteiger partial charge in [0, 0.05) is 36.3 Å². The van der Waals surface area contributed by atoms with Crippen LogP contribution in [0, 0.1) is 5.41 Å². The van der Waals surface area contributed by atoms with Crippen molar-refractivity contribution in [3.8, 4) is 22.8 Å². The molecule has 47 heavy (non-hydrogen) atoms. The van der Waals surface area contributed by atoms with Gasteiger partial charge >= 0.3 is 12.1 Å². The van der Waals surface area contributed by atoms with Crippen LogP contribution in [0.2, 0.25) is 5.02 Å². The molecule has 2 aliphatic heterocycles. The zero-order valence-electron chi connectivity index (χ0n) is 26.2. The van der Waals surface area contributed by atoms with Crippen LogP contribution in [0.5, 0.6) is 11.6 Å². The van der Waals surface area contributed by atoms with Crippen molar-refractivity contribution in [3.05, 3.63) is 59.1 Å². The molecule has 3 aromatic rings. The van der Waals surface area contributed by atoms with Crippen molar-refractivity contribution in [2.75, 3.05) is 36.9 Å². The van der Waals surface area contributed by atoms with Crippen LogP contribution < -0.4 is 25.4 Å². The topological polar surface area (TPSA) is 112 Å². The van der Waals surface area contributed by atoms with Crippen LogP contribution >= 0.6 is 11.6 Å². The lowest BCUT2D eigenvalue weighted by Crippen LogP contribution is -2.41. The number of hydrogen-bond acceptors (Lipinski definition) is 9. The molecule has 9 nitrogen and oxygen atoms in total. The highest BCUT2D eigenvalue weighted by Gasteiger charge is 2.46. The minimum atomic E-state index is -4.80. The van der Waals surface area contributed by atoms with E-state index >= 15 is 0 Å². The van der Waals surface area contributed by atoms with Gasteiger partial charge < -0.3 is 30.2 Å². The standard InChI is InChI=1S/C34H39ClF3N5O4/c1-2-45-31(44)27-19-33(20-40-27)12-14-43(15-13-33)28-18-29(42-32(39)41-28)47-30(34(36,37)38)25-11-10-22(35)17-26(25)21-6-5-9-24(16-21)46-23-7-3-4-8-23/h5-6,9-11,16-18,23,27,30,40H,2-4,7-8,12-15,19-20H2,1H3,(H2,39,41,42)/t27-,30+/m0/s1. The summed E-state index contributed by atoms with van der Waals surface area (Å²) in [5, 5.41) is 3.57. The number of nitrogens with one attached hydrogen (secondary N) is 1. The number of rotatable bonds is 9. The molecule has 252 valence electrons. The molecule has 0 bridgehead atoms. The van der Waals surface area contributed by atoms with Gasteiger partial charge in [-0.25, -0.2) is 0 Å². The molecule has 0 unspecified atom stereocenters. The van der Waals surface area contributed by atoms with Gasteiger partial charge in [0.25, 0.3) is 0 Å². The van der Waals surface area contributed by atoms with Crippen LogP contribution in [-0.4, -0.2) is 60.5 Å². The molecule has 2 aromatic carbocycles. The number of halogens is 4. The third-order valence-electron chi connectivity index (χ3n) is 9.37. The van der Waals surface area contributed by atoms with Crippen molar-refractivity contribution in [2.24, 2.45) is 5.41 Å². The van der Waals surface area contributed by atoms with Crippen LogP contribution in [0.25, 0.3) is 11.1 Å². The number of esters is 1. The first kappa shape index (κ1) is 33.1. The fourth-order valence-electron chi connectivity index (χ4n) is 6.94. The minimum absolute atomic E-state index is 0.0718. The summed E-state index contributed by atoms with van der Waals surface area (Å²) in [4.78, 5) is 22.6. The highest BCUT2D eigenvalue weighted by Crippen LogP contribution is 2.44. The maximum absolute atomic E-state index is 14.8.